The van der Waals surface area contributed by atoms with Crippen LogP contribution in [0.1, 0.15) is 12.8 Å². The Kier molecular flexibility index (Phi) is 3.35. The average molecular weight is 232 g/mol. The van der Waals surface area contributed by atoms with Crippen LogP contribution in [-0.4, -0.2) is 23.0 Å². The summed E-state index contributed by atoms with van der Waals surface area (Å²) in [6.45, 7) is 0. The van der Waals surface area contributed by atoms with E-state index in [0.29, 0.717) is 11.3 Å². The summed E-state index contributed by atoms with van der Waals surface area (Å²) in [6.07, 6.45) is 0.620. The molecular weight excluding hydrogens is 220 g/mol. The Morgan fingerprint density at radius 2 is 2.06 bits per heavy atom. The highest BCUT2D eigenvalue weighted by Crippen LogP contribution is 2.19. The topological polar surface area (TPSA) is 63.6 Å². The molecule has 2 rings (SSSR count). The summed E-state index contributed by atoms with van der Waals surface area (Å²) < 4.78 is 5.05. The molecule has 0 aliphatic heterocycles. The number of para-hydroxylation sites is 1. The first-order valence-corrected chi connectivity index (χ1v) is 5.33. The third kappa shape index (κ3) is 3.01. The minimum atomic E-state index is -0.762. The molecule has 1 aromatic carbocycles. The van der Waals surface area contributed by atoms with E-state index < -0.39 is 12.1 Å². The molecule has 1 N–H and O–H groups in total. The molecule has 0 radical (unpaired) electrons. The predicted octanol–water partition coefficient (Wildman–Crippen LogP) is 1.24. The minimum Gasteiger partial charge on any atom is -0.426 e. The Labute approximate surface area is 98.5 Å². The van der Waals surface area contributed by atoms with Crippen molar-refractivity contribution in [1.82, 2.24) is 0 Å². The van der Waals surface area contributed by atoms with Gasteiger partial charge in [-0.15, -0.1) is 0 Å². The zero-order chi connectivity index (χ0) is 12.3. The summed E-state index contributed by atoms with van der Waals surface area (Å²) >= 11 is 0. The zero-order valence-corrected chi connectivity index (χ0v) is 9.13. The van der Waals surface area contributed by atoms with Gasteiger partial charge in [0.25, 0.3) is 0 Å². The quantitative estimate of drug-likeness (QED) is 0.629. The number of ketones is 1. The van der Waals surface area contributed by atoms with Gasteiger partial charge in [-0.05, 0) is 18.2 Å². The van der Waals surface area contributed by atoms with Crippen LogP contribution in [0.4, 0.5) is 0 Å². The van der Waals surface area contributed by atoms with Gasteiger partial charge >= 0.3 is 5.97 Å². The van der Waals surface area contributed by atoms with E-state index in [1.807, 2.05) is 6.07 Å². The Balaban J connectivity index is 1.94. The van der Waals surface area contributed by atoms with Crippen LogP contribution in [0.3, 0.4) is 0 Å². The van der Waals surface area contributed by atoms with Crippen LogP contribution in [0, 0.1) is 0 Å². The number of hydrogen-bond donors (Lipinski definition) is 1. The highest BCUT2D eigenvalue weighted by atomic mass is 16.5. The second-order valence-electron chi connectivity index (χ2n) is 3.85. The van der Waals surface area contributed by atoms with Gasteiger partial charge in [-0.25, -0.2) is 0 Å². The number of aliphatic hydroxyl groups excluding tert-OH is 1. The van der Waals surface area contributed by atoms with Gasteiger partial charge in [0.1, 0.15) is 5.75 Å². The number of esters is 1. The lowest BCUT2D eigenvalue weighted by Gasteiger charge is -2.03. The molecule has 0 heterocycles. The standard InChI is InChI=1S/C13H12O4/c14-10-6-9(12(15)8-10)7-13(16)17-11-4-2-1-3-5-11/h1-6,10,14H,7-8H2/t10-/m0/s1. The number of aliphatic hydroxyl groups is 1. The van der Waals surface area contributed by atoms with Crippen LogP contribution in [0.25, 0.3) is 0 Å². The first kappa shape index (κ1) is 11.5. The van der Waals surface area contributed by atoms with E-state index in [2.05, 4.69) is 0 Å². The molecule has 4 nitrogen and oxygen atoms in total. The molecule has 1 aromatic rings. The fraction of sp³-hybridized carbons (Fsp3) is 0.231. The molecule has 1 atom stereocenters. The van der Waals surface area contributed by atoms with Gasteiger partial charge in [0.2, 0.25) is 0 Å². The number of benzene rings is 1. The lowest BCUT2D eigenvalue weighted by Crippen LogP contribution is -2.11. The second-order valence-corrected chi connectivity index (χ2v) is 3.85. The second kappa shape index (κ2) is 4.93. The molecule has 4 heteroatoms. The maximum atomic E-state index is 11.5. The summed E-state index contributed by atoms with van der Waals surface area (Å²) in [5, 5.41) is 9.22. The average Bonchev–Trinajstić information content (AvgIpc) is 2.58. The molecule has 17 heavy (non-hydrogen) atoms. The van der Waals surface area contributed by atoms with Gasteiger partial charge in [-0.1, -0.05) is 18.2 Å². The molecular formula is C13H12O4. The zero-order valence-electron chi connectivity index (χ0n) is 9.13. The molecule has 0 saturated carbocycles. The van der Waals surface area contributed by atoms with Crippen molar-refractivity contribution in [1.29, 1.82) is 0 Å². The van der Waals surface area contributed by atoms with E-state index >= 15 is 0 Å². The summed E-state index contributed by atoms with van der Waals surface area (Å²) in [6, 6.07) is 8.66. The van der Waals surface area contributed by atoms with Crippen molar-refractivity contribution in [3.8, 4) is 5.75 Å². The molecule has 0 saturated heterocycles. The molecule has 0 aromatic heterocycles. The number of Topliss-reactive ketones (excluding diaryl/α,β-unsaturated/α-hetero) is 1. The van der Waals surface area contributed by atoms with Gasteiger partial charge < -0.3 is 9.84 Å². The number of carbonyl (C=O) groups is 2. The summed E-state index contributed by atoms with van der Waals surface area (Å²) in [7, 11) is 0. The van der Waals surface area contributed by atoms with E-state index in [1.54, 1.807) is 24.3 Å². The molecule has 0 bridgehead atoms. The van der Waals surface area contributed by atoms with Crippen LogP contribution in [0.2, 0.25) is 0 Å². The van der Waals surface area contributed by atoms with Gasteiger partial charge in [0.15, 0.2) is 5.78 Å². The minimum absolute atomic E-state index is 0.0634. The number of carbonyl (C=O) groups excluding carboxylic acids is 2. The van der Waals surface area contributed by atoms with Crippen molar-refractivity contribution in [2.24, 2.45) is 0 Å². The smallest absolute Gasteiger partial charge is 0.315 e. The third-order valence-corrected chi connectivity index (χ3v) is 2.46. The monoisotopic (exact) mass is 232 g/mol. The van der Waals surface area contributed by atoms with Crippen LogP contribution in [-0.2, 0) is 9.59 Å². The number of rotatable bonds is 3. The highest BCUT2D eigenvalue weighted by molar-refractivity contribution is 6.01. The Morgan fingerprint density at radius 3 is 2.65 bits per heavy atom. The number of ether oxygens (including phenoxy) is 1. The largest absolute Gasteiger partial charge is 0.426 e. The Morgan fingerprint density at radius 1 is 1.35 bits per heavy atom. The van der Waals surface area contributed by atoms with Gasteiger partial charge in [0.05, 0.1) is 12.5 Å². The molecule has 1 aliphatic carbocycles. The first-order valence-electron chi connectivity index (χ1n) is 5.33. The fourth-order valence-electron chi connectivity index (χ4n) is 1.67. The first-order chi connectivity index (χ1) is 8.15. The van der Waals surface area contributed by atoms with E-state index in [0.717, 1.165) is 0 Å². The van der Waals surface area contributed by atoms with Gasteiger partial charge in [0, 0.05) is 12.0 Å². The Hall–Kier alpha value is -1.94. The van der Waals surface area contributed by atoms with Crippen molar-refractivity contribution in [3.63, 3.8) is 0 Å². The van der Waals surface area contributed by atoms with Crippen molar-refractivity contribution < 1.29 is 19.4 Å². The molecule has 0 unspecified atom stereocenters. The SMILES string of the molecule is O=C(CC1=C[C@H](O)CC1=O)Oc1ccccc1. The van der Waals surface area contributed by atoms with Gasteiger partial charge in [-0.3, -0.25) is 9.59 Å². The molecule has 88 valence electrons. The van der Waals surface area contributed by atoms with Crippen LogP contribution < -0.4 is 4.74 Å². The van der Waals surface area contributed by atoms with Crippen LogP contribution in [0.15, 0.2) is 42.0 Å². The third-order valence-electron chi connectivity index (χ3n) is 2.46. The molecule has 0 amide bonds. The molecule has 1 aliphatic rings. The highest BCUT2D eigenvalue weighted by Gasteiger charge is 2.24. The normalized spacial score (nSPS) is 19.0. The summed E-state index contributed by atoms with van der Waals surface area (Å²) in [4.78, 5) is 22.9. The summed E-state index contributed by atoms with van der Waals surface area (Å²) in [5.41, 5.74) is 0.332. The number of hydrogen-bond acceptors (Lipinski definition) is 4. The van der Waals surface area contributed by atoms with E-state index in [9.17, 15) is 14.7 Å². The van der Waals surface area contributed by atoms with E-state index in [4.69, 9.17) is 4.74 Å². The molecule has 0 spiro atoms. The van der Waals surface area contributed by atoms with Crippen LogP contribution in [0.5, 0.6) is 5.75 Å². The van der Waals surface area contributed by atoms with Crippen molar-refractivity contribution in [3.05, 3.63) is 42.0 Å². The maximum absolute atomic E-state index is 11.5. The van der Waals surface area contributed by atoms with E-state index in [1.165, 1.54) is 6.08 Å². The van der Waals surface area contributed by atoms with Crippen molar-refractivity contribution >= 4 is 11.8 Å². The van der Waals surface area contributed by atoms with Crippen molar-refractivity contribution in [2.45, 2.75) is 18.9 Å². The fourth-order valence-corrected chi connectivity index (χ4v) is 1.67. The van der Waals surface area contributed by atoms with Crippen LogP contribution >= 0.6 is 0 Å². The summed E-state index contributed by atoms with van der Waals surface area (Å²) in [5.74, 6) is -0.239. The Bertz CT molecular complexity index is 462. The lowest BCUT2D eigenvalue weighted by molar-refractivity contribution is -0.134. The lowest BCUT2D eigenvalue weighted by atomic mass is 10.1. The predicted molar refractivity (Wildman–Crippen MR) is 60.4 cm³/mol. The van der Waals surface area contributed by atoms with Crippen molar-refractivity contribution in [2.75, 3.05) is 0 Å². The molecule has 0 fully saturated rings. The van der Waals surface area contributed by atoms with Gasteiger partial charge in [-0.2, -0.15) is 0 Å². The maximum Gasteiger partial charge on any atom is 0.315 e. The van der Waals surface area contributed by atoms with E-state index in [-0.39, 0.29) is 18.6 Å².